The number of rotatable bonds is 13. The molecule has 1 aliphatic carbocycles. The zero-order valence-electron chi connectivity index (χ0n) is 22.3. The van der Waals surface area contributed by atoms with Gasteiger partial charge in [-0.2, -0.15) is 0 Å². The van der Waals surface area contributed by atoms with Gasteiger partial charge in [-0.25, -0.2) is 9.59 Å². The van der Waals surface area contributed by atoms with Crippen LogP contribution in [-0.4, -0.2) is 65.2 Å². The molecule has 0 aromatic rings. The van der Waals surface area contributed by atoms with E-state index in [4.69, 9.17) is 9.47 Å². The molecule has 1 saturated heterocycles. The van der Waals surface area contributed by atoms with Crippen molar-refractivity contribution in [1.29, 1.82) is 0 Å². The van der Waals surface area contributed by atoms with Gasteiger partial charge in [0.1, 0.15) is 23.2 Å². The number of carbonyl (C=O) groups is 4. The molecule has 4 atom stereocenters. The normalized spacial score (nSPS) is 23.8. The fraction of sp³-hybridized carbons (Fsp3) is 0.704. The van der Waals surface area contributed by atoms with Gasteiger partial charge in [0, 0.05) is 12.5 Å². The first-order chi connectivity index (χ1) is 17.0. The fourth-order valence-electron chi connectivity index (χ4n) is 4.59. The number of carbonyl (C=O) groups excluding carboxylic acids is 4. The van der Waals surface area contributed by atoms with Crippen molar-refractivity contribution in [3.05, 3.63) is 25.3 Å². The number of amides is 3. The summed E-state index contributed by atoms with van der Waals surface area (Å²) in [4.78, 5) is 53.4. The summed E-state index contributed by atoms with van der Waals surface area (Å²) in [6.45, 7) is 15.1. The highest BCUT2D eigenvalue weighted by Crippen LogP contribution is 2.45. The van der Waals surface area contributed by atoms with Crippen LogP contribution in [0.1, 0.15) is 79.1 Å². The number of likely N-dealkylation sites (tertiary alicyclic amines) is 1. The van der Waals surface area contributed by atoms with E-state index in [1.54, 1.807) is 33.8 Å². The summed E-state index contributed by atoms with van der Waals surface area (Å²) in [5.41, 5.74) is -1.82. The lowest BCUT2D eigenvalue weighted by atomic mass is 10.0. The molecule has 0 aromatic heterocycles. The van der Waals surface area contributed by atoms with E-state index in [1.807, 2.05) is 6.08 Å². The van der Waals surface area contributed by atoms with Gasteiger partial charge in [-0.05, 0) is 66.2 Å². The third-order valence-electron chi connectivity index (χ3n) is 6.51. The minimum absolute atomic E-state index is 0.205. The van der Waals surface area contributed by atoms with Crippen LogP contribution in [-0.2, 0) is 23.9 Å². The predicted octanol–water partition coefficient (Wildman–Crippen LogP) is 3.63. The van der Waals surface area contributed by atoms with Crippen molar-refractivity contribution < 1.29 is 28.7 Å². The zero-order chi connectivity index (χ0) is 26.9. The Bertz CT molecular complexity index is 836. The zero-order valence-corrected chi connectivity index (χ0v) is 22.3. The lowest BCUT2D eigenvalue weighted by molar-refractivity contribution is -0.150. The Kier molecular flexibility index (Phi) is 10.5. The number of unbranched alkanes of at least 4 members (excludes halogenated alkanes) is 3. The number of hydrogen-bond acceptors (Lipinski definition) is 6. The summed E-state index contributed by atoms with van der Waals surface area (Å²) in [5.74, 6) is -1.39. The number of esters is 1. The number of alkyl carbamates (subject to hydrolysis) is 1. The van der Waals surface area contributed by atoms with Gasteiger partial charge >= 0.3 is 12.1 Å². The number of ether oxygens (including phenoxy) is 2. The van der Waals surface area contributed by atoms with Crippen LogP contribution >= 0.6 is 0 Å². The van der Waals surface area contributed by atoms with Crippen LogP contribution in [0.4, 0.5) is 4.79 Å². The van der Waals surface area contributed by atoms with E-state index < -0.39 is 35.3 Å². The molecule has 36 heavy (non-hydrogen) atoms. The Hall–Kier alpha value is -2.84. The molecule has 0 radical (unpaired) electrons. The third-order valence-corrected chi connectivity index (χ3v) is 6.51. The first kappa shape index (κ1) is 29.4. The maximum absolute atomic E-state index is 13.6. The molecule has 0 bridgehead atoms. The molecule has 2 fully saturated rings. The van der Waals surface area contributed by atoms with Crippen LogP contribution in [0.3, 0.4) is 0 Å². The van der Waals surface area contributed by atoms with Gasteiger partial charge in [0.2, 0.25) is 11.8 Å². The Morgan fingerprint density at radius 3 is 2.47 bits per heavy atom. The van der Waals surface area contributed by atoms with Crippen molar-refractivity contribution >= 4 is 23.9 Å². The van der Waals surface area contributed by atoms with E-state index >= 15 is 0 Å². The van der Waals surface area contributed by atoms with Gasteiger partial charge in [-0.3, -0.25) is 9.59 Å². The van der Waals surface area contributed by atoms with Crippen LogP contribution in [0.25, 0.3) is 0 Å². The van der Waals surface area contributed by atoms with Crippen LogP contribution in [0, 0.1) is 5.92 Å². The van der Waals surface area contributed by atoms with Gasteiger partial charge < -0.3 is 25.0 Å². The molecule has 1 heterocycles. The third kappa shape index (κ3) is 7.83. The van der Waals surface area contributed by atoms with Gasteiger partial charge in [-0.15, -0.1) is 13.2 Å². The van der Waals surface area contributed by atoms with Crippen LogP contribution in [0.5, 0.6) is 0 Å². The molecule has 2 N–H and O–H groups in total. The molecular weight excluding hydrogens is 462 g/mol. The topological polar surface area (TPSA) is 114 Å². The minimum Gasteiger partial charge on any atom is -0.464 e. The van der Waals surface area contributed by atoms with E-state index in [0.717, 1.165) is 25.7 Å². The summed E-state index contributed by atoms with van der Waals surface area (Å²) in [7, 11) is 0. The Morgan fingerprint density at radius 1 is 1.17 bits per heavy atom. The molecule has 1 saturated carbocycles. The molecule has 0 aromatic carbocycles. The van der Waals surface area contributed by atoms with Crippen LogP contribution in [0.15, 0.2) is 25.3 Å². The summed E-state index contributed by atoms with van der Waals surface area (Å²) >= 11 is 0. The molecule has 9 nitrogen and oxygen atoms in total. The Labute approximate surface area is 215 Å². The van der Waals surface area contributed by atoms with Crippen molar-refractivity contribution in [2.45, 2.75) is 102 Å². The standard InChI is InChI=1S/C27H43N3O6/c1-7-10-11-12-13-15-20(28-25(34)36-26(4,5)6)23(32)30-17-14-16-21(30)22(31)29-27(18-19(27)8-2)24(33)35-9-3/h7-8,19-21H,1-2,9-18H2,3-6H3,(H,28,34)(H,29,31)/t19-,20+,21+,27-/m1/s1. The van der Waals surface area contributed by atoms with Crippen molar-refractivity contribution in [3.8, 4) is 0 Å². The molecule has 0 unspecified atom stereocenters. The maximum Gasteiger partial charge on any atom is 0.408 e. The second kappa shape index (κ2) is 12.9. The molecule has 1 aliphatic heterocycles. The second-order valence-electron chi connectivity index (χ2n) is 10.5. The largest absolute Gasteiger partial charge is 0.464 e. The number of allylic oxidation sites excluding steroid dienone is 1. The lowest BCUT2D eigenvalue weighted by Crippen LogP contribution is -2.56. The maximum atomic E-state index is 13.6. The molecule has 202 valence electrons. The summed E-state index contributed by atoms with van der Waals surface area (Å²) in [6, 6.07) is -1.53. The van der Waals surface area contributed by atoms with Crippen molar-refractivity contribution in [3.63, 3.8) is 0 Å². The van der Waals surface area contributed by atoms with E-state index in [0.29, 0.717) is 32.2 Å². The van der Waals surface area contributed by atoms with E-state index in [9.17, 15) is 19.2 Å². The SMILES string of the molecule is C=CCCCCC[C@H](NC(=O)OC(C)(C)C)C(=O)N1CCC[C@H]1C(=O)N[C@]1(C(=O)OCC)C[C@H]1C=C. The van der Waals surface area contributed by atoms with Crippen LogP contribution < -0.4 is 10.6 Å². The van der Waals surface area contributed by atoms with Crippen molar-refractivity contribution in [2.24, 2.45) is 5.92 Å². The van der Waals surface area contributed by atoms with Gasteiger partial charge in [-0.1, -0.05) is 25.0 Å². The monoisotopic (exact) mass is 505 g/mol. The fourth-order valence-corrected chi connectivity index (χ4v) is 4.59. The van der Waals surface area contributed by atoms with E-state index in [-0.39, 0.29) is 24.3 Å². The predicted molar refractivity (Wildman–Crippen MR) is 137 cm³/mol. The average molecular weight is 506 g/mol. The smallest absolute Gasteiger partial charge is 0.408 e. The molecule has 0 spiro atoms. The number of hydrogen-bond donors (Lipinski definition) is 2. The van der Waals surface area contributed by atoms with Gasteiger partial charge in [0.05, 0.1) is 6.61 Å². The summed E-state index contributed by atoms with van der Waals surface area (Å²) in [6.07, 6.45) is 8.29. The Morgan fingerprint density at radius 2 is 1.89 bits per heavy atom. The summed E-state index contributed by atoms with van der Waals surface area (Å²) < 4.78 is 10.6. The molecule has 2 aliphatic rings. The molecule has 2 rings (SSSR count). The van der Waals surface area contributed by atoms with Crippen LogP contribution in [0.2, 0.25) is 0 Å². The summed E-state index contributed by atoms with van der Waals surface area (Å²) in [5, 5.41) is 5.58. The highest BCUT2D eigenvalue weighted by Gasteiger charge is 2.61. The quantitative estimate of drug-likeness (QED) is 0.224. The Balaban J connectivity index is 2.12. The molecule has 9 heteroatoms. The number of nitrogens with zero attached hydrogens (tertiary/aromatic N) is 1. The van der Waals surface area contributed by atoms with Gasteiger partial charge in [0.15, 0.2) is 0 Å². The lowest BCUT2D eigenvalue weighted by Gasteiger charge is -2.30. The highest BCUT2D eigenvalue weighted by atomic mass is 16.6. The van der Waals surface area contributed by atoms with Crippen molar-refractivity contribution in [2.75, 3.05) is 13.2 Å². The number of nitrogens with one attached hydrogen (secondary N) is 2. The van der Waals surface area contributed by atoms with Gasteiger partial charge in [0.25, 0.3) is 0 Å². The average Bonchev–Trinajstić information content (AvgIpc) is 3.29. The first-order valence-electron chi connectivity index (χ1n) is 13.0. The van der Waals surface area contributed by atoms with E-state index in [2.05, 4.69) is 23.8 Å². The molecular formula is C27H43N3O6. The van der Waals surface area contributed by atoms with E-state index in [1.165, 1.54) is 4.90 Å². The first-order valence-corrected chi connectivity index (χ1v) is 13.0. The minimum atomic E-state index is -1.12. The molecule has 3 amide bonds. The van der Waals surface area contributed by atoms with Crippen molar-refractivity contribution in [1.82, 2.24) is 15.5 Å². The second-order valence-corrected chi connectivity index (χ2v) is 10.5. The highest BCUT2D eigenvalue weighted by molar-refractivity contribution is 5.96.